The van der Waals surface area contributed by atoms with Gasteiger partial charge >= 0.3 is 0 Å². The standard InChI is InChI=1S/C15H14Br2N2O2S2/c1-9-2-3-11(22-9)14(20)18-4-6-19(7-5-18)15(21)12-8-10(16)13(17)23-12/h2-3,8H,4-7H2,1H3. The van der Waals surface area contributed by atoms with E-state index in [4.69, 9.17) is 0 Å². The minimum atomic E-state index is 0.0282. The highest BCUT2D eigenvalue weighted by molar-refractivity contribution is 9.13. The Labute approximate surface area is 159 Å². The van der Waals surface area contributed by atoms with Crippen molar-refractivity contribution in [2.75, 3.05) is 26.2 Å². The predicted octanol–water partition coefficient (Wildman–Crippen LogP) is 4.24. The van der Waals surface area contributed by atoms with Crippen molar-refractivity contribution in [3.63, 3.8) is 0 Å². The molecule has 2 amide bonds. The highest BCUT2D eigenvalue weighted by Gasteiger charge is 2.27. The molecule has 0 radical (unpaired) electrons. The summed E-state index contributed by atoms with van der Waals surface area (Å²) < 4.78 is 1.82. The lowest BCUT2D eigenvalue weighted by Gasteiger charge is -2.34. The molecule has 1 saturated heterocycles. The molecule has 3 rings (SSSR count). The van der Waals surface area contributed by atoms with E-state index in [1.807, 2.05) is 34.9 Å². The topological polar surface area (TPSA) is 40.6 Å². The number of nitrogens with zero attached hydrogens (tertiary/aromatic N) is 2. The molecule has 0 unspecified atom stereocenters. The minimum absolute atomic E-state index is 0.0282. The lowest BCUT2D eigenvalue weighted by Crippen LogP contribution is -2.50. The largest absolute Gasteiger partial charge is 0.334 e. The molecule has 4 nitrogen and oxygen atoms in total. The number of thiophene rings is 2. The summed E-state index contributed by atoms with van der Waals surface area (Å²) in [7, 11) is 0. The van der Waals surface area contributed by atoms with E-state index >= 15 is 0 Å². The Morgan fingerprint density at radius 2 is 1.52 bits per heavy atom. The Morgan fingerprint density at radius 1 is 0.957 bits per heavy atom. The third-order valence-corrected chi connectivity index (χ3v) is 7.89. The number of carbonyl (C=O) groups is 2. The summed E-state index contributed by atoms with van der Waals surface area (Å²) in [6.45, 7) is 4.30. The van der Waals surface area contributed by atoms with Crippen LogP contribution in [0.3, 0.4) is 0 Å². The molecule has 122 valence electrons. The lowest BCUT2D eigenvalue weighted by molar-refractivity contribution is 0.0540. The number of halogens is 2. The zero-order valence-electron chi connectivity index (χ0n) is 12.3. The van der Waals surface area contributed by atoms with Crippen molar-refractivity contribution < 1.29 is 9.59 Å². The van der Waals surface area contributed by atoms with Gasteiger partial charge in [0.15, 0.2) is 0 Å². The number of hydrogen-bond donors (Lipinski definition) is 0. The van der Waals surface area contributed by atoms with Crippen LogP contribution >= 0.6 is 54.5 Å². The highest BCUT2D eigenvalue weighted by Crippen LogP contribution is 2.33. The van der Waals surface area contributed by atoms with Crippen LogP contribution in [0.2, 0.25) is 0 Å². The SMILES string of the molecule is Cc1ccc(C(=O)N2CCN(C(=O)c3cc(Br)c(Br)s3)CC2)s1. The summed E-state index contributed by atoms with van der Waals surface area (Å²) >= 11 is 9.76. The van der Waals surface area contributed by atoms with Crippen LogP contribution < -0.4 is 0 Å². The Kier molecular flexibility index (Phi) is 5.25. The van der Waals surface area contributed by atoms with Gasteiger partial charge in [-0.3, -0.25) is 9.59 Å². The van der Waals surface area contributed by atoms with Crippen LogP contribution in [-0.2, 0) is 0 Å². The first kappa shape index (κ1) is 17.1. The Hall–Kier alpha value is -0.700. The van der Waals surface area contributed by atoms with E-state index in [-0.39, 0.29) is 11.8 Å². The zero-order chi connectivity index (χ0) is 16.6. The second-order valence-electron chi connectivity index (χ2n) is 5.23. The van der Waals surface area contributed by atoms with Crippen LogP contribution in [-0.4, -0.2) is 47.8 Å². The van der Waals surface area contributed by atoms with Gasteiger partial charge in [0.1, 0.15) is 0 Å². The van der Waals surface area contributed by atoms with Crippen molar-refractivity contribution in [1.29, 1.82) is 0 Å². The maximum atomic E-state index is 12.5. The summed E-state index contributed by atoms with van der Waals surface area (Å²) in [5, 5.41) is 0. The van der Waals surface area contributed by atoms with E-state index in [1.54, 1.807) is 0 Å². The van der Waals surface area contributed by atoms with Gasteiger partial charge in [0.25, 0.3) is 11.8 Å². The van der Waals surface area contributed by atoms with Crippen molar-refractivity contribution >= 4 is 66.3 Å². The van der Waals surface area contributed by atoms with Crippen LogP contribution in [0.1, 0.15) is 24.2 Å². The highest BCUT2D eigenvalue weighted by atomic mass is 79.9. The van der Waals surface area contributed by atoms with Crippen LogP contribution in [0.25, 0.3) is 0 Å². The number of carbonyl (C=O) groups excluding carboxylic acids is 2. The quantitative estimate of drug-likeness (QED) is 0.648. The summed E-state index contributed by atoms with van der Waals surface area (Å²) in [5.74, 6) is 0.0947. The van der Waals surface area contributed by atoms with Crippen LogP contribution in [0, 0.1) is 6.92 Å². The molecule has 0 aromatic carbocycles. The molecule has 0 atom stereocenters. The second kappa shape index (κ2) is 7.04. The summed E-state index contributed by atoms with van der Waals surface area (Å²) in [6.07, 6.45) is 0. The second-order valence-corrected chi connectivity index (χ2v) is 9.74. The zero-order valence-corrected chi connectivity index (χ0v) is 17.1. The van der Waals surface area contributed by atoms with Crippen LogP contribution in [0.15, 0.2) is 26.5 Å². The van der Waals surface area contributed by atoms with Gasteiger partial charge in [-0.05, 0) is 57.0 Å². The van der Waals surface area contributed by atoms with E-state index < -0.39 is 0 Å². The van der Waals surface area contributed by atoms with Crippen LogP contribution in [0.4, 0.5) is 0 Å². The Balaban J connectivity index is 1.62. The first-order valence-corrected chi connectivity index (χ1v) is 10.3. The molecule has 8 heteroatoms. The Morgan fingerprint density at radius 3 is 1.96 bits per heavy atom. The molecule has 2 aromatic heterocycles. The molecule has 1 fully saturated rings. The molecule has 1 aliphatic rings. The molecule has 23 heavy (non-hydrogen) atoms. The lowest BCUT2D eigenvalue weighted by atomic mass is 10.2. The van der Waals surface area contributed by atoms with Crippen molar-refractivity contribution in [1.82, 2.24) is 9.80 Å². The van der Waals surface area contributed by atoms with Gasteiger partial charge in [-0.2, -0.15) is 0 Å². The van der Waals surface area contributed by atoms with Crippen LogP contribution in [0.5, 0.6) is 0 Å². The number of hydrogen-bond acceptors (Lipinski definition) is 4. The summed E-state index contributed by atoms with van der Waals surface area (Å²) in [6, 6.07) is 5.67. The molecule has 2 aromatic rings. The molecule has 0 spiro atoms. The number of amides is 2. The molecule has 0 N–H and O–H groups in total. The van der Waals surface area contributed by atoms with Gasteiger partial charge in [0.05, 0.1) is 13.5 Å². The normalized spacial score (nSPS) is 15.1. The number of piperazine rings is 1. The van der Waals surface area contributed by atoms with E-state index in [0.29, 0.717) is 31.1 Å². The van der Waals surface area contributed by atoms with Gasteiger partial charge in [0, 0.05) is 35.5 Å². The first-order valence-electron chi connectivity index (χ1n) is 7.05. The summed E-state index contributed by atoms with van der Waals surface area (Å²) in [4.78, 5) is 31.2. The molecule has 1 aliphatic heterocycles. The molecule has 0 bridgehead atoms. The number of rotatable bonds is 2. The average Bonchev–Trinajstić information content (AvgIpc) is 3.12. The predicted molar refractivity (Wildman–Crippen MR) is 101 cm³/mol. The molecular formula is C15H14Br2N2O2S2. The third kappa shape index (κ3) is 3.70. The average molecular weight is 478 g/mol. The van der Waals surface area contributed by atoms with Gasteiger partial charge < -0.3 is 9.80 Å². The van der Waals surface area contributed by atoms with Crippen molar-refractivity contribution in [2.45, 2.75) is 6.92 Å². The maximum absolute atomic E-state index is 12.5. The van der Waals surface area contributed by atoms with Crippen molar-refractivity contribution in [3.8, 4) is 0 Å². The molecular weight excluding hydrogens is 464 g/mol. The van der Waals surface area contributed by atoms with Gasteiger partial charge in [-0.25, -0.2) is 0 Å². The monoisotopic (exact) mass is 476 g/mol. The number of aryl methyl sites for hydroxylation is 1. The fourth-order valence-corrected chi connectivity index (χ4v) is 5.26. The van der Waals surface area contributed by atoms with E-state index in [2.05, 4.69) is 31.9 Å². The molecule has 0 saturated carbocycles. The maximum Gasteiger partial charge on any atom is 0.264 e. The summed E-state index contributed by atoms with van der Waals surface area (Å²) in [5.41, 5.74) is 0. The Bertz CT molecular complexity index is 729. The fraction of sp³-hybridized carbons (Fsp3) is 0.333. The van der Waals surface area contributed by atoms with Gasteiger partial charge in [0.2, 0.25) is 0 Å². The fourth-order valence-electron chi connectivity index (χ4n) is 2.43. The molecule has 0 aliphatic carbocycles. The van der Waals surface area contributed by atoms with E-state index in [9.17, 15) is 9.59 Å². The third-order valence-electron chi connectivity index (χ3n) is 3.66. The van der Waals surface area contributed by atoms with Crippen molar-refractivity contribution in [3.05, 3.63) is 41.1 Å². The smallest absolute Gasteiger partial charge is 0.264 e. The van der Waals surface area contributed by atoms with E-state index in [1.165, 1.54) is 22.7 Å². The van der Waals surface area contributed by atoms with Crippen molar-refractivity contribution in [2.24, 2.45) is 0 Å². The van der Waals surface area contributed by atoms with Gasteiger partial charge in [-0.1, -0.05) is 0 Å². The molecule has 3 heterocycles. The van der Waals surface area contributed by atoms with Gasteiger partial charge in [-0.15, -0.1) is 22.7 Å². The first-order chi connectivity index (χ1) is 11.0. The van der Waals surface area contributed by atoms with E-state index in [0.717, 1.165) is 18.0 Å². The minimum Gasteiger partial charge on any atom is -0.334 e.